The molecule has 0 atom stereocenters. The molecule has 0 bridgehead atoms. The van der Waals surface area contributed by atoms with Gasteiger partial charge in [-0.3, -0.25) is 10.1 Å². The van der Waals surface area contributed by atoms with Gasteiger partial charge in [-0.1, -0.05) is 11.8 Å². The molecule has 0 unspecified atom stereocenters. The normalized spacial score (nSPS) is 10.1. The number of nitriles is 1. The summed E-state index contributed by atoms with van der Waals surface area (Å²) in [5, 5.41) is 23.7. The number of nitro groups is 1. The number of hydrogen-bond donors (Lipinski definition) is 1. The largest absolute Gasteiger partial charge is 0.383 e. The standard InChI is InChI=1S/C13H13N5O2S/c1-17-6-4-16-13(17)21-7-5-15-12-3-2-11(18(19)20)8-10(12)9-14/h2-4,6,8,15H,5,7H2,1H3. The molecule has 21 heavy (non-hydrogen) atoms. The first kappa shape index (κ1) is 14.9. The lowest BCUT2D eigenvalue weighted by Crippen LogP contribution is -2.06. The molecular formula is C13H13N5O2S. The Hall–Kier alpha value is -2.53. The highest BCUT2D eigenvalue weighted by atomic mass is 32.2. The lowest BCUT2D eigenvalue weighted by atomic mass is 10.1. The van der Waals surface area contributed by atoms with E-state index in [-0.39, 0.29) is 11.3 Å². The Labute approximate surface area is 125 Å². The molecule has 0 aliphatic rings. The van der Waals surface area contributed by atoms with E-state index in [9.17, 15) is 10.1 Å². The zero-order valence-electron chi connectivity index (χ0n) is 11.3. The zero-order valence-corrected chi connectivity index (χ0v) is 12.1. The van der Waals surface area contributed by atoms with Gasteiger partial charge in [0.15, 0.2) is 5.16 Å². The van der Waals surface area contributed by atoms with E-state index in [1.165, 1.54) is 12.1 Å². The average Bonchev–Trinajstić information content (AvgIpc) is 2.88. The highest BCUT2D eigenvalue weighted by Crippen LogP contribution is 2.21. The second kappa shape index (κ2) is 6.76. The van der Waals surface area contributed by atoms with Crippen molar-refractivity contribution in [1.82, 2.24) is 9.55 Å². The van der Waals surface area contributed by atoms with Crippen LogP contribution in [0, 0.1) is 21.4 Å². The van der Waals surface area contributed by atoms with Crippen molar-refractivity contribution in [2.75, 3.05) is 17.6 Å². The van der Waals surface area contributed by atoms with Crippen LogP contribution < -0.4 is 5.32 Å². The molecule has 0 spiro atoms. The number of aromatic nitrogens is 2. The predicted octanol–water partition coefficient (Wildman–Crippen LogP) is 2.40. The number of anilines is 1. The summed E-state index contributed by atoms with van der Waals surface area (Å²) < 4.78 is 1.93. The second-order valence-electron chi connectivity index (χ2n) is 4.19. The summed E-state index contributed by atoms with van der Waals surface area (Å²) in [4.78, 5) is 14.4. The van der Waals surface area contributed by atoms with Crippen LogP contribution in [0.4, 0.5) is 11.4 Å². The number of nitro benzene ring substituents is 1. The monoisotopic (exact) mass is 303 g/mol. The Morgan fingerprint density at radius 2 is 2.38 bits per heavy atom. The summed E-state index contributed by atoms with van der Waals surface area (Å²) in [6, 6.07) is 6.18. The number of benzene rings is 1. The number of imidazole rings is 1. The topological polar surface area (TPSA) is 96.8 Å². The van der Waals surface area contributed by atoms with Crippen LogP contribution in [-0.4, -0.2) is 26.8 Å². The summed E-state index contributed by atoms with van der Waals surface area (Å²) in [5.41, 5.74) is 0.786. The third-order valence-electron chi connectivity index (χ3n) is 2.76. The van der Waals surface area contributed by atoms with Crippen molar-refractivity contribution < 1.29 is 4.92 Å². The van der Waals surface area contributed by atoms with Gasteiger partial charge in [-0.25, -0.2) is 4.98 Å². The van der Waals surface area contributed by atoms with Gasteiger partial charge in [0.05, 0.1) is 16.2 Å². The fourth-order valence-corrected chi connectivity index (χ4v) is 2.50. The van der Waals surface area contributed by atoms with Gasteiger partial charge in [0.25, 0.3) is 5.69 Å². The zero-order chi connectivity index (χ0) is 15.2. The Morgan fingerprint density at radius 3 is 3.00 bits per heavy atom. The van der Waals surface area contributed by atoms with Gasteiger partial charge >= 0.3 is 0 Å². The number of non-ortho nitro benzene ring substituents is 1. The number of thioether (sulfide) groups is 1. The maximum Gasteiger partial charge on any atom is 0.270 e. The third-order valence-corrected chi connectivity index (χ3v) is 3.82. The van der Waals surface area contributed by atoms with Gasteiger partial charge in [0, 0.05) is 43.9 Å². The van der Waals surface area contributed by atoms with E-state index in [0.29, 0.717) is 12.2 Å². The number of hydrogen-bond acceptors (Lipinski definition) is 6. The number of aryl methyl sites for hydroxylation is 1. The minimum Gasteiger partial charge on any atom is -0.383 e. The molecule has 0 amide bonds. The van der Waals surface area contributed by atoms with Gasteiger partial charge in [-0.15, -0.1) is 0 Å². The molecule has 2 rings (SSSR count). The Morgan fingerprint density at radius 1 is 1.57 bits per heavy atom. The van der Waals surface area contributed by atoms with Crippen LogP contribution in [0.1, 0.15) is 5.56 Å². The minimum atomic E-state index is -0.512. The SMILES string of the molecule is Cn1ccnc1SCCNc1ccc([N+](=O)[O-])cc1C#N. The molecule has 0 radical (unpaired) electrons. The van der Waals surface area contributed by atoms with Crippen molar-refractivity contribution in [2.45, 2.75) is 5.16 Å². The van der Waals surface area contributed by atoms with Crippen LogP contribution in [0.25, 0.3) is 0 Å². The van der Waals surface area contributed by atoms with Gasteiger partial charge in [-0.05, 0) is 6.07 Å². The van der Waals surface area contributed by atoms with Crippen molar-refractivity contribution in [3.63, 3.8) is 0 Å². The average molecular weight is 303 g/mol. The van der Waals surface area contributed by atoms with E-state index in [2.05, 4.69) is 10.3 Å². The molecule has 0 aliphatic heterocycles. The van der Waals surface area contributed by atoms with Gasteiger partial charge in [0.2, 0.25) is 0 Å². The van der Waals surface area contributed by atoms with Crippen LogP contribution in [0.5, 0.6) is 0 Å². The highest BCUT2D eigenvalue weighted by molar-refractivity contribution is 7.99. The van der Waals surface area contributed by atoms with Crippen molar-refractivity contribution in [3.05, 3.63) is 46.3 Å². The van der Waals surface area contributed by atoms with Gasteiger partial charge in [-0.2, -0.15) is 5.26 Å². The van der Waals surface area contributed by atoms with Gasteiger partial charge < -0.3 is 9.88 Å². The Kier molecular flexibility index (Phi) is 4.79. The maximum absolute atomic E-state index is 10.7. The lowest BCUT2D eigenvalue weighted by molar-refractivity contribution is -0.384. The quantitative estimate of drug-likeness (QED) is 0.381. The van der Waals surface area contributed by atoms with E-state index in [1.807, 2.05) is 23.9 Å². The fraction of sp³-hybridized carbons (Fsp3) is 0.231. The Bertz CT molecular complexity index is 692. The molecule has 0 saturated carbocycles. The molecule has 0 saturated heterocycles. The molecule has 1 aromatic heterocycles. The summed E-state index contributed by atoms with van der Waals surface area (Å²) in [6.45, 7) is 0.629. The smallest absolute Gasteiger partial charge is 0.270 e. The van der Waals surface area contributed by atoms with Crippen LogP contribution in [0.15, 0.2) is 35.7 Å². The minimum absolute atomic E-state index is 0.0838. The van der Waals surface area contributed by atoms with E-state index >= 15 is 0 Å². The first-order valence-electron chi connectivity index (χ1n) is 6.14. The van der Waals surface area contributed by atoms with Crippen molar-refractivity contribution in [3.8, 4) is 6.07 Å². The molecule has 1 aromatic carbocycles. The molecule has 2 aromatic rings. The Balaban J connectivity index is 1.93. The molecule has 108 valence electrons. The summed E-state index contributed by atoms with van der Waals surface area (Å²) >= 11 is 1.59. The van der Waals surface area contributed by atoms with E-state index in [1.54, 1.807) is 24.0 Å². The molecule has 1 N–H and O–H groups in total. The van der Waals surface area contributed by atoms with Gasteiger partial charge in [0.1, 0.15) is 6.07 Å². The fourth-order valence-electron chi connectivity index (χ4n) is 1.71. The molecule has 0 fully saturated rings. The van der Waals surface area contributed by atoms with Crippen LogP contribution in [0.3, 0.4) is 0 Å². The molecule has 0 aliphatic carbocycles. The second-order valence-corrected chi connectivity index (χ2v) is 5.26. The van der Waals surface area contributed by atoms with E-state index in [0.717, 1.165) is 10.9 Å². The molecule has 8 heteroatoms. The molecular weight excluding hydrogens is 290 g/mol. The van der Waals surface area contributed by atoms with Crippen molar-refractivity contribution in [2.24, 2.45) is 7.05 Å². The molecule has 7 nitrogen and oxygen atoms in total. The van der Waals surface area contributed by atoms with Crippen LogP contribution in [0.2, 0.25) is 0 Å². The van der Waals surface area contributed by atoms with Crippen molar-refractivity contribution >= 4 is 23.1 Å². The van der Waals surface area contributed by atoms with Crippen LogP contribution in [-0.2, 0) is 7.05 Å². The lowest BCUT2D eigenvalue weighted by Gasteiger charge is -2.07. The number of nitrogens with zero attached hydrogens (tertiary/aromatic N) is 4. The maximum atomic E-state index is 10.7. The summed E-state index contributed by atoms with van der Waals surface area (Å²) in [6.07, 6.45) is 3.61. The predicted molar refractivity (Wildman–Crippen MR) is 80.2 cm³/mol. The van der Waals surface area contributed by atoms with Crippen LogP contribution >= 0.6 is 11.8 Å². The highest BCUT2D eigenvalue weighted by Gasteiger charge is 2.10. The summed E-state index contributed by atoms with van der Waals surface area (Å²) in [5.74, 6) is 0.771. The molecule has 1 heterocycles. The van der Waals surface area contributed by atoms with Crippen molar-refractivity contribution in [1.29, 1.82) is 5.26 Å². The number of nitrogens with one attached hydrogen (secondary N) is 1. The number of rotatable bonds is 6. The first-order valence-corrected chi connectivity index (χ1v) is 7.13. The van der Waals surface area contributed by atoms with E-state index < -0.39 is 4.92 Å². The summed E-state index contributed by atoms with van der Waals surface area (Å²) in [7, 11) is 1.92. The first-order chi connectivity index (χ1) is 10.1. The third kappa shape index (κ3) is 3.73. The van der Waals surface area contributed by atoms with E-state index in [4.69, 9.17) is 5.26 Å².